The highest BCUT2D eigenvalue weighted by Crippen LogP contribution is 2.38. The van der Waals surface area contributed by atoms with Crippen molar-refractivity contribution in [2.24, 2.45) is 0 Å². The van der Waals surface area contributed by atoms with Gasteiger partial charge in [0.05, 0.1) is 29.7 Å². The normalized spacial score (nSPS) is 18.0. The van der Waals surface area contributed by atoms with Crippen molar-refractivity contribution in [2.45, 2.75) is 25.0 Å². The summed E-state index contributed by atoms with van der Waals surface area (Å²) in [5.41, 5.74) is 2.29. The summed E-state index contributed by atoms with van der Waals surface area (Å²) in [6.45, 7) is -0.138. The summed E-state index contributed by atoms with van der Waals surface area (Å²) in [7, 11) is 0. The Balaban J connectivity index is 1.82. The van der Waals surface area contributed by atoms with Gasteiger partial charge >= 0.3 is 5.63 Å². The first-order chi connectivity index (χ1) is 14.2. The molecule has 4 rings (SSSR count). The van der Waals surface area contributed by atoms with Crippen LogP contribution >= 0.6 is 0 Å². The van der Waals surface area contributed by atoms with Gasteiger partial charge in [0.25, 0.3) is 0 Å². The molecule has 0 amide bonds. The number of hydrogen-bond acceptors (Lipinski definition) is 6. The molecule has 6 nitrogen and oxygen atoms in total. The minimum absolute atomic E-state index is 0.0524. The summed E-state index contributed by atoms with van der Waals surface area (Å²) in [6.07, 6.45) is 0.112. The largest absolute Gasteiger partial charge is 0.427 e. The number of nitrogens with zero attached hydrogens (tertiary/aromatic N) is 2. The third-order valence-corrected chi connectivity index (χ3v) is 5.10. The second-order valence-corrected chi connectivity index (χ2v) is 6.84. The van der Waals surface area contributed by atoms with Gasteiger partial charge in [0, 0.05) is 18.4 Å². The van der Waals surface area contributed by atoms with E-state index < -0.39 is 11.7 Å². The Morgan fingerprint density at radius 1 is 0.966 bits per heavy atom. The molecule has 0 saturated heterocycles. The number of nitriles is 2. The van der Waals surface area contributed by atoms with E-state index >= 15 is 0 Å². The third-order valence-electron chi connectivity index (χ3n) is 5.10. The molecule has 1 aromatic heterocycles. The molecule has 2 atom stereocenters. The van der Waals surface area contributed by atoms with Crippen LogP contribution in [0.25, 0.3) is 21.9 Å². The topological polar surface area (TPSA) is 96.2 Å². The van der Waals surface area contributed by atoms with Gasteiger partial charge in [-0.2, -0.15) is 10.5 Å². The molecule has 1 heterocycles. The second kappa shape index (κ2) is 8.28. The second-order valence-electron chi connectivity index (χ2n) is 6.84. The molecule has 0 spiro atoms. The van der Waals surface area contributed by atoms with Crippen molar-refractivity contribution in [2.75, 3.05) is 13.2 Å². The van der Waals surface area contributed by atoms with E-state index in [0.717, 1.165) is 22.1 Å². The van der Waals surface area contributed by atoms with E-state index in [0.29, 0.717) is 24.0 Å². The van der Waals surface area contributed by atoms with Crippen LogP contribution in [0.4, 0.5) is 0 Å². The smallest absolute Gasteiger partial charge is 0.343 e. The quantitative estimate of drug-likeness (QED) is 0.660. The van der Waals surface area contributed by atoms with Crippen LogP contribution in [0.15, 0.2) is 57.7 Å². The van der Waals surface area contributed by atoms with Crippen molar-refractivity contribution in [1.29, 1.82) is 10.5 Å². The Morgan fingerprint density at radius 3 is 2.48 bits per heavy atom. The summed E-state index contributed by atoms with van der Waals surface area (Å²) in [5.74, 6) is 0.493. The molecular formula is C23H18N2O4. The molecule has 144 valence electrons. The van der Waals surface area contributed by atoms with Gasteiger partial charge in [-0.05, 0) is 22.6 Å². The van der Waals surface area contributed by atoms with Gasteiger partial charge in [-0.3, -0.25) is 0 Å². The van der Waals surface area contributed by atoms with Crippen LogP contribution in [-0.4, -0.2) is 19.3 Å². The fourth-order valence-electron chi connectivity index (χ4n) is 3.85. The van der Waals surface area contributed by atoms with Crippen molar-refractivity contribution in [3.63, 3.8) is 0 Å². The number of benzene rings is 2. The molecule has 29 heavy (non-hydrogen) atoms. The highest BCUT2D eigenvalue weighted by atomic mass is 16.5. The zero-order chi connectivity index (χ0) is 20.2. The Bertz CT molecular complexity index is 1170. The van der Waals surface area contributed by atoms with Crippen LogP contribution in [0.2, 0.25) is 0 Å². The maximum Gasteiger partial charge on any atom is 0.343 e. The number of fused-ring (bicyclic) bond motifs is 3. The molecule has 2 aromatic carbocycles. The first-order valence-corrected chi connectivity index (χ1v) is 9.33. The lowest BCUT2D eigenvalue weighted by atomic mass is 9.88. The van der Waals surface area contributed by atoms with E-state index in [4.69, 9.17) is 24.4 Å². The van der Waals surface area contributed by atoms with E-state index in [9.17, 15) is 4.79 Å². The average molecular weight is 386 g/mol. The molecule has 0 aliphatic heterocycles. The predicted molar refractivity (Wildman–Crippen MR) is 106 cm³/mol. The third kappa shape index (κ3) is 3.77. The van der Waals surface area contributed by atoms with Gasteiger partial charge in [0.15, 0.2) is 0 Å². The lowest BCUT2D eigenvalue weighted by molar-refractivity contribution is -0.0133. The highest BCUT2D eigenvalue weighted by molar-refractivity contribution is 5.89. The van der Waals surface area contributed by atoms with Crippen molar-refractivity contribution in [1.82, 2.24) is 0 Å². The molecule has 0 fully saturated rings. The molecule has 0 N–H and O–H groups in total. The SMILES string of the molecule is N#CCOC1Cc2oc(=O)c3cc(-c4ccccc4)ccc3c2C(OCC#N)C1. The van der Waals surface area contributed by atoms with Crippen LogP contribution in [0.1, 0.15) is 23.8 Å². The fraction of sp³-hybridized carbons (Fsp3) is 0.261. The number of hydrogen-bond donors (Lipinski definition) is 0. The standard InChI is InChI=1S/C23H18N2O4/c24-8-10-27-17-13-20(28-11-9-25)22-18-7-6-16(15-4-2-1-3-5-15)12-19(18)23(26)29-21(22)14-17/h1-7,12,17,20H,10-11,13-14H2. The van der Waals surface area contributed by atoms with E-state index in [2.05, 4.69) is 0 Å². The molecule has 3 aromatic rings. The molecule has 0 saturated carbocycles. The minimum atomic E-state index is -0.448. The predicted octanol–water partition coefficient (Wildman–Crippen LogP) is 3.90. The molecule has 1 aliphatic rings. The molecule has 2 unspecified atom stereocenters. The Kier molecular flexibility index (Phi) is 5.39. The zero-order valence-corrected chi connectivity index (χ0v) is 15.6. The summed E-state index contributed by atoms with van der Waals surface area (Å²) in [5, 5.41) is 19.0. The molecule has 0 bridgehead atoms. The fourth-order valence-corrected chi connectivity index (χ4v) is 3.85. The van der Waals surface area contributed by atoms with Crippen LogP contribution in [-0.2, 0) is 15.9 Å². The number of ether oxygens (including phenoxy) is 2. The van der Waals surface area contributed by atoms with Gasteiger partial charge < -0.3 is 13.9 Å². The zero-order valence-electron chi connectivity index (χ0n) is 15.6. The van der Waals surface area contributed by atoms with Crippen LogP contribution in [0, 0.1) is 22.7 Å². The van der Waals surface area contributed by atoms with Crippen molar-refractivity contribution < 1.29 is 13.9 Å². The lowest BCUT2D eigenvalue weighted by Crippen LogP contribution is -2.29. The Labute approximate surface area is 167 Å². The summed E-state index contributed by atoms with van der Waals surface area (Å²) >= 11 is 0. The van der Waals surface area contributed by atoms with E-state index in [-0.39, 0.29) is 19.3 Å². The van der Waals surface area contributed by atoms with E-state index in [1.54, 1.807) is 0 Å². The van der Waals surface area contributed by atoms with Crippen molar-refractivity contribution in [3.05, 3.63) is 70.3 Å². The van der Waals surface area contributed by atoms with Gasteiger partial charge in [0.1, 0.15) is 19.0 Å². The first kappa shape index (κ1) is 18.9. The average Bonchev–Trinajstić information content (AvgIpc) is 2.76. The van der Waals surface area contributed by atoms with E-state index in [1.165, 1.54) is 0 Å². The van der Waals surface area contributed by atoms with E-state index in [1.807, 2.05) is 60.7 Å². The molecule has 6 heteroatoms. The summed E-state index contributed by atoms with van der Waals surface area (Å²) in [4.78, 5) is 12.7. The lowest BCUT2D eigenvalue weighted by Gasteiger charge is -2.30. The molecule has 1 aliphatic carbocycles. The maximum atomic E-state index is 12.7. The van der Waals surface area contributed by atoms with Crippen LogP contribution in [0.5, 0.6) is 0 Å². The molecule has 0 radical (unpaired) electrons. The minimum Gasteiger partial charge on any atom is -0.427 e. The van der Waals surface area contributed by atoms with Gasteiger partial charge in [-0.25, -0.2) is 4.79 Å². The number of rotatable bonds is 5. The van der Waals surface area contributed by atoms with Gasteiger partial charge in [0.2, 0.25) is 0 Å². The highest BCUT2D eigenvalue weighted by Gasteiger charge is 2.32. The monoisotopic (exact) mass is 386 g/mol. The van der Waals surface area contributed by atoms with Gasteiger partial charge in [-0.15, -0.1) is 0 Å². The Hall–Kier alpha value is -3.45. The summed E-state index contributed by atoms with van der Waals surface area (Å²) < 4.78 is 16.9. The maximum absolute atomic E-state index is 12.7. The summed E-state index contributed by atoms with van der Waals surface area (Å²) in [6, 6.07) is 19.4. The van der Waals surface area contributed by atoms with Crippen LogP contribution in [0.3, 0.4) is 0 Å². The first-order valence-electron chi connectivity index (χ1n) is 9.33. The molecular weight excluding hydrogens is 368 g/mol. The van der Waals surface area contributed by atoms with Crippen molar-refractivity contribution >= 4 is 10.8 Å². The van der Waals surface area contributed by atoms with Crippen molar-refractivity contribution in [3.8, 4) is 23.3 Å². The van der Waals surface area contributed by atoms with Crippen LogP contribution < -0.4 is 5.63 Å². The van der Waals surface area contributed by atoms with Gasteiger partial charge in [-0.1, -0.05) is 42.5 Å². The Morgan fingerprint density at radius 2 is 1.72 bits per heavy atom.